The smallest absolute Gasteiger partial charge is 0.0118 e. The van der Waals surface area contributed by atoms with Gasteiger partial charge in [-0.1, -0.05) is 33.1 Å². The molecule has 3 atom stereocenters. The molecule has 0 aromatic rings. The summed E-state index contributed by atoms with van der Waals surface area (Å²) in [5, 5.41) is 0. The molecule has 2 heteroatoms. The third-order valence-corrected chi connectivity index (χ3v) is 4.14. The molecule has 0 spiro atoms. The van der Waals surface area contributed by atoms with Crippen molar-refractivity contribution in [3.8, 4) is 0 Å². The molecule has 0 aliphatic heterocycles. The van der Waals surface area contributed by atoms with Gasteiger partial charge < -0.3 is 10.6 Å². The highest BCUT2D eigenvalue weighted by Gasteiger charge is 2.24. The summed E-state index contributed by atoms with van der Waals surface area (Å²) in [6.45, 7) is 5.80. The van der Waals surface area contributed by atoms with Gasteiger partial charge in [-0.15, -0.1) is 0 Å². The van der Waals surface area contributed by atoms with E-state index in [0.29, 0.717) is 6.04 Å². The SMILES string of the molecule is CCCC(N)CCN(C)C1CCCCC1C. The van der Waals surface area contributed by atoms with Crippen LogP contribution in [0.4, 0.5) is 0 Å². The zero-order valence-corrected chi connectivity index (χ0v) is 11.4. The Balaban J connectivity index is 2.25. The van der Waals surface area contributed by atoms with E-state index in [4.69, 9.17) is 5.73 Å². The van der Waals surface area contributed by atoms with E-state index in [2.05, 4.69) is 25.8 Å². The summed E-state index contributed by atoms with van der Waals surface area (Å²) in [6.07, 6.45) is 9.20. The second-order valence-corrected chi connectivity index (χ2v) is 5.65. The minimum atomic E-state index is 0.409. The second-order valence-electron chi connectivity index (χ2n) is 5.65. The number of nitrogens with zero attached hydrogens (tertiary/aromatic N) is 1. The minimum Gasteiger partial charge on any atom is -0.328 e. The van der Waals surface area contributed by atoms with E-state index in [1.54, 1.807) is 0 Å². The first kappa shape index (κ1) is 14.0. The van der Waals surface area contributed by atoms with Gasteiger partial charge in [-0.2, -0.15) is 0 Å². The molecule has 1 fully saturated rings. The molecule has 0 amide bonds. The second kappa shape index (κ2) is 7.29. The predicted octanol–water partition coefficient (Wildman–Crippen LogP) is 3.01. The fourth-order valence-electron chi connectivity index (χ4n) is 3.00. The molecule has 0 aromatic carbocycles. The summed E-state index contributed by atoms with van der Waals surface area (Å²) < 4.78 is 0. The molecule has 1 aliphatic rings. The van der Waals surface area contributed by atoms with E-state index in [0.717, 1.165) is 18.4 Å². The van der Waals surface area contributed by atoms with Crippen molar-refractivity contribution in [2.45, 2.75) is 70.9 Å². The molecular weight excluding hydrogens is 196 g/mol. The third-order valence-electron chi connectivity index (χ3n) is 4.14. The molecule has 1 saturated carbocycles. The maximum absolute atomic E-state index is 6.07. The predicted molar refractivity (Wildman–Crippen MR) is 71.6 cm³/mol. The van der Waals surface area contributed by atoms with Crippen molar-refractivity contribution >= 4 is 0 Å². The third kappa shape index (κ3) is 4.42. The van der Waals surface area contributed by atoms with Crippen molar-refractivity contribution in [1.29, 1.82) is 0 Å². The average Bonchev–Trinajstić information content (AvgIpc) is 2.27. The van der Waals surface area contributed by atoms with E-state index >= 15 is 0 Å². The van der Waals surface area contributed by atoms with Crippen molar-refractivity contribution in [3.63, 3.8) is 0 Å². The Morgan fingerprint density at radius 1 is 1.25 bits per heavy atom. The van der Waals surface area contributed by atoms with Crippen LogP contribution >= 0.6 is 0 Å². The normalized spacial score (nSPS) is 28.3. The van der Waals surface area contributed by atoms with Gasteiger partial charge >= 0.3 is 0 Å². The van der Waals surface area contributed by atoms with Gasteiger partial charge in [0.2, 0.25) is 0 Å². The van der Waals surface area contributed by atoms with E-state index in [-0.39, 0.29) is 0 Å². The average molecular weight is 226 g/mol. The molecule has 16 heavy (non-hydrogen) atoms. The molecule has 1 aliphatic carbocycles. The van der Waals surface area contributed by atoms with Crippen LogP contribution in [0.1, 0.15) is 58.8 Å². The first-order valence-corrected chi connectivity index (χ1v) is 7.11. The Morgan fingerprint density at radius 2 is 1.94 bits per heavy atom. The van der Waals surface area contributed by atoms with Crippen LogP contribution in [0.5, 0.6) is 0 Å². The summed E-state index contributed by atoms with van der Waals surface area (Å²) in [5.41, 5.74) is 6.07. The fourth-order valence-corrected chi connectivity index (χ4v) is 3.00. The molecule has 0 saturated heterocycles. The Labute approximate surface area is 102 Å². The van der Waals surface area contributed by atoms with Gasteiger partial charge in [-0.25, -0.2) is 0 Å². The summed E-state index contributed by atoms with van der Waals surface area (Å²) >= 11 is 0. The van der Waals surface area contributed by atoms with Crippen molar-refractivity contribution < 1.29 is 0 Å². The fraction of sp³-hybridized carbons (Fsp3) is 1.00. The van der Waals surface area contributed by atoms with Crippen molar-refractivity contribution in [1.82, 2.24) is 4.90 Å². The summed E-state index contributed by atoms with van der Waals surface area (Å²) in [5.74, 6) is 0.876. The Kier molecular flexibility index (Phi) is 6.37. The quantitative estimate of drug-likeness (QED) is 0.754. The lowest BCUT2D eigenvalue weighted by molar-refractivity contribution is 0.135. The highest BCUT2D eigenvalue weighted by atomic mass is 15.1. The van der Waals surface area contributed by atoms with Crippen molar-refractivity contribution in [2.75, 3.05) is 13.6 Å². The van der Waals surface area contributed by atoms with Gasteiger partial charge in [-0.3, -0.25) is 0 Å². The molecule has 1 rings (SSSR count). The Bertz CT molecular complexity index is 182. The van der Waals surface area contributed by atoms with Crippen LogP contribution in [-0.4, -0.2) is 30.6 Å². The van der Waals surface area contributed by atoms with Crippen molar-refractivity contribution in [3.05, 3.63) is 0 Å². The topological polar surface area (TPSA) is 29.3 Å². The standard InChI is InChI=1S/C14H30N2/c1-4-7-13(15)10-11-16(3)14-9-6-5-8-12(14)2/h12-14H,4-11,15H2,1-3H3. The van der Waals surface area contributed by atoms with Crippen LogP contribution in [0.2, 0.25) is 0 Å². The van der Waals surface area contributed by atoms with Gasteiger partial charge in [0.05, 0.1) is 0 Å². The maximum Gasteiger partial charge on any atom is 0.0118 e. The van der Waals surface area contributed by atoms with E-state index in [1.807, 2.05) is 0 Å². The van der Waals surface area contributed by atoms with Crippen LogP contribution in [-0.2, 0) is 0 Å². The van der Waals surface area contributed by atoms with Gasteiger partial charge in [-0.05, 0) is 45.2 Å². The van der Waals surface area contributed by atoms with E-state index in [9.17, 15) is 0 Å². The molecule has 96 valence electrons. The first-order chi connectivity index (χ1) is 7.65. The van der Waals surface area contributed by atoms with Crippen LogP contribution in [0.3, 0.4) is 0 Å². The molecular formula is C14H30N2. The zero-order chi connectivity index (χ0) is 12.0. The van der Waals surface area contributed by atoms with Crippen LogP contribution in [0, 0.1) is 5.92 Å². The van der Waals surface area contributed by atoms with Gasteiger partial charge in [0.25, 0.3) is 0 Å². The van der Waals surface area contributed by atoms with Crippen LogP contribution in [0.15, 0.2) is 0 Å². The number of rotatable bonds is 6. The Morgan fingerprint density at radius 3 is 2.56 bits per heavy atom. The van der Waals surface area contributed by atoms with Crippen LogP contribution < -0.4 is 5.73 Å². The van der Waals surface area contributed by atoms with Gasteiger partial charge in [0, 0.05) is 12.1 Å². The molecule has 2 N–H and O–H groups in total. The number of nitrogens with two attached hydrogens (primary N) is 1. The van der Waals surface area contributed by atoms with Crippen molar-refractivity contribution in [2.24, 2.45) is 11.7 Å². The lowest BCUT2D eigenvalue weighted by atomic mass is 9.85. The molecule has 0 aromatic heterocycles. The largest absolute Gasteiger partial charge is 0.328 e. The van der Waals surface area contributed by atoms with E-state index in [1.165, 1.54) is 45.1 Å². The Hall–Kier alpha value is -0.0800. The molecule has 0 bridgehead atoms. The molecule has 2 nitrogen and oxygen atoms in total. The van der Waals surface area contributed by atoms with Gasteiger partial charge in [0.15, 0.2) is 0 Å². The highest BCUT2D eigenvalue weighted by molar-refractivity contribution is 4.79. The molecule has 0 radical (unpaired) electrons. The maximum atomic E-state index is 6.07. The molecule has 0 heterocycles. The summed E-state index contributed by atoms with van der Waals surface area (Å²) in [6, 6.07) is 1.22. The number of hydrogen-bond acceptors (Lipinski definition) is 2. The van der Waals surface area contributed by atoms with Crippen LogP contribution in [0.25, 0.3) is 0 Å². The van der Waals surface area contributed by atoms with Gasteiger partial charge in [0.1, 0.15) is 0 Å². The zero-order valence-electron chi connectivity index (χ0n) is 11.4. The molecule has 3 unspecified atom stereocenters. The lowest BCUT2D eigenvalue weighted by Crippen LogP contribution is -2.40. The highest BCUT2D eigenvalue weighted by Crippen LogP contribution is 2.27. The number of hydrogen-bond donors (Lipinski definition) is 1. The lowest BCUT2D eigenvalue weighted by Gasteiger charge is -2.36. The minimum absolute atomic E-state index is 0.409. The monoisotopic (exact) mass is 226 g/mol. The summed E-state index contributed by atoms with van der Waals surface area (Å²) in [7, 11) is 2.28. The first-order valence-electron chi connectivity index (χ1n) is 7.11. The van der Waals surface area contributed by atoms with E-state index < -0.39 is 0 Å². The summed E-state index contributed by atoms with van der Waals surface area (Å²) in [4.78, 5) is 2.55.